The van der Waals surface area contributed by atoms with Crippen molar-refractivity contribution in [1.29, 1.82) is 0 Å². The molecule has 23 heavy (non-hydrogen) atoms. The second kappa shape index (κ2) is 6.84. The minimum atomic E-state index is 0.468. The number of benzene rings is 2. The molecule has 1 aromatic heterocycles. The summed E-state index contributed by atoms with van der Waals surface area (Å²) in [6, 6.07) is 20.4. The van der Waals surface area contributed by atoms with Crippen LogP contribution in [0.2, 0.25) is 0 Å². The third kappa shape index (κ3) is 3.22. The zero-order chi connectivity index (χ0) is 16.2. The van der Waals surface area contributed by atoms with E-state index in [4.69, 9.17) is 9.47 Å². The molecule has 0 radical (unpaired) electrons. The highest BCUT2D eigenvalue weighted by atomic mass is 79.9. The third-order valence-electron chi connectivity index (χ3n) is 3.56. The Morgan fingerprint density at radius 1 is 0.783 bits per heavy atom. The average molecular weight is 370 g/mol. The van der Waals surface area contributed by atoms with Crippen molar-refractivity contribution in [2.75, 3.05) is 14.2 Å². The summed E-state index contributed by atoms with van der Waals surface area (Å²) in [5.74, 6) is 1.07. The molecule has 0 saturated heterocycles. The lowest BCUT2D eigenvalue weighted by molar-refractivity contribution is 0.343. The molecule has 116 valence electrons. The molecule has 3 rings (SSSR count). The number of methoxy groups -OCH3 is 2. The normalized spacial score (nSPS) is 10.4. The SMILES string of the molecule is COc1cc(Br)c(-c2cccc(-c3ccccc3)c2)nc1OC. The van der Waals surface area contributed by atoms with E-state index in [1.807, 2.05) is 36.4 Å². The first-order chi connectivity index (χ1) is 11.2. The fourth-order valence-corrected chi connectivity index (χ4v) is 2.95. The molecule has 4 heteroatoms. The van der Waals surface area contributed by atoms with Gasteiger partial charge in [0.15, 0.2) is 5.75 Å². The lowest BCUT2D eigenvalue weighted by Crippen LogP contribution is -1.96. The van der Waals surface area contributed by atoms with Crippen LogP contribution >= 0.6 is 15.9 Å². The standard InChI is InChI=1S/C19H16BrNO2/c1-22-17-12-16(20)18(21-19(17)23-2)15-10-6-9-14(11-15)13-7-4-3-5-8-13/h3-12H,1-2H3. The van der Waals surface area contributed by atoms with E-state index in [0.29, 0.717) is 11.6 Å². The van der Waals surface area contributed by atoms with Crippen molar-refractivity contribution in [3.05, 3.63) is 65.1 Å². The Morgan fingerprint density at radius 3 is 2.17 bits per heavy atom. The Labute approximate surface area is 144 Å². The topological polar surface area (TPSA) is 31.4 Å². The van der Waals surface area contributed by atoms with Crippen molar-refractivity contribution in [2.24, 2.45) is 0 Å². The lowest BCUT2D eigenvalue weighted by Gasteiger charge is -2.11. The number of pyridine rings is 1. The van der Waals surface area contributed by atoms with E-state index >= 15 is 0 Å². The summed E-state index contributed by atoms with van der Waals surface area (Å²) in [6.07, 6.45) is 0. The summed E-state index contributed by atoms with van der Waals surface area (Å²) in [5, 5.41) is 0. The predicted octanol–water partition coefficient (Wildman–Crippen LogP) is 5.20. The van der Waals surface area contributed by atoms with Gasteiger partial charge in [-0.3, -0.25) is 0 Å². The Kier molecular flexibility index (Phi) is 4.63. The van der Waals surface area contributed by atoms with Crippen LogP contribution in [-0.4, -0.2) is 19.2 Å². The second-order valence-corrected chi connectivity index (χ2v) is 5.83. The molecule has 0 aliphatic carbocycles. The summed E-state index contributed by atoms with van der Waals surface area (Å²) in [6.45, 7) is 0. The molecular weight excluding hydrogens is 354 g/mol. The minimum absolute atomic E-state index is 0.468. The van der Waals surface area contributed by atoms with Crippen molar-refractivity contribution in [1.82, 2.24) is 4.98 Å². The fourth-order valence-electron chi connectivity index (χ4n) is 2.43. The monoisotopic (exact) mass is 369 g/mol. The summed E-state index contributed by atoms with van der Waals surface area (Å²) >= 11 is 3.57. The van der Waals surface area contributed by atoms with E-state index in [1.54, 1.807) is 14.2 Å². The number of aromatic nitrogens is 1. The van der Waals surface area contributed by atoms with Crippen LogP contribution in [-0.2, 0) is 0 Å². The van der Waals surface area contributed by atoms with Gasteiger partial charge in [0.25, 0.3) is 5.88 Å². The molecule has 0 unspecified atom stereocenters. The van der Waals surface area contributed by atoms with Crippen molar-refractivity contribution >= 4 is 15.9 Å². The van der Waals surface area contributed by atoms with Crippen LogP contribution in [0.25, 0.3) is 22.4 Å². The molecule has 1 heterocycles. The third-order valence-corrected chi connectivity index (χ3v) is 4.17. The maximum Gasteiger partial charge on any atom is 0.257 e. The van der Waals surface area contributed by atoms with Crippen LogP contribution < -0.4 is 9.47 Å². The molecule has 0 aliphatic rings. The van der Waals surface area contributed by atoms with Gasteiger partial charge in [0.2, 0.25) is 0 Å². The number of ether oxygens (including phenoxy) is 2. The van der Waals surface area contributed by atoms with Gasteiger partial charge in [-0.15, -0.1) is 0 Å². The highest BCUT2D eigenvalue weighted by Gasteiger charge is 2.13. The molecule has 0 saturated carbocycles. The summed E-state index contributed by atoms with van der Waals surface area (Å²) in [5.41, 5.74) is 4.15. The van der Waals surface area contributed by atoms with Crippen LogP contribution in [0, 0.1) is 0 Å². The number of hydrogen-bond acceptors (Lipinski definition) is 3. The van der Waals surface area contributed by atoms with E-state index in [-0.39, 0.29) is 0 Å². The molecule has 0 fully saturated rings. The van der Waals surface area contributed by atoms with Gasteiger partial charge >= 0.3 is 0 Å². The zero-order valence-electron chi connectivity index (χ0n) is 12.9. The van der Waals surface area contributed by atoms with Crippen LogP contribution in [0.15, 0.2) is 65.1 Å². The zero-order valence-corrected chi connectivity index (χ0v) is 14.5. The minimum Gasteiger partial charge on any atom is -0.491 e. The van der Waals surface area contributed by atoms with Crippen molar-refractivity contribution in [2.45, 2.75) is 0 Å². The van der Waals surface area contributed by atoms with Gasteiger partial charge in [-0.1, -0.05) is 48.5 Å². The second-order valence-electron chi connectivity index (χ2n) is 4.98. The Balaban J connectivity index is 2.09. The van der Waals surface area contributed by atoms with Crippen molar-refractivity contribution in [3.8, 4) is 34.0 Å². The smallest absolute Gasteiger partial charge is 0.257 e. The van der Waals surface area contributed by atoms with Gasteiger partial charge in [0, 0.05) is 16.1 Å². The maximum atomic E-state index is 5.31. The van der Waals surface area contributed by atoms with E-state index < -0.39 is 0 Å². The number of halogens is 1. The largest absolute Gasteiger partial charge is 0.491 e. The molecule has 0 spiro atoms. The Bertz CT molecular complexity index is 819. The predicted molar refractivity (Wildman–Crippen MR) is 95.9 cm³/mol. The van der Waals surface area contributed by atoms with Crippen molar-refractivity contribution < 1.29 is 9.47 Å². The molecule has 3 nitrogen and oxygen atoms in total. The van der Waals surface area contributed by atoms with Crippen LogP contribution in [0.4, 0.5) is 0 Å². The average Bonchev–Trinajstić information content (AvgIpc) is 2.62. The van der Waals surface area contributed by atoms with Gasteiger partial charge in [-0.05, 0) is 33.1 Å². The molecule has 2 aromatic carbocycles. The van der Waals surface area contributed by atoms with E-state index in [0.717, 1.165) is 21.3 Å². The van der Waals surface area contributed by atoms with Gasteiger partial charge < -0.3 is 9.47 Å². The first-order valence-corrected chi connectivity index (χ1v) is 7.96. The molecule has 0 aliphatic heterocycles. The fraction of sp³-hybridized carbons (Fsp3) is 0.105. The molecule has 0 amide bonds. The number of nitrogens with zero attached hydrogens (tertiary/aromatic N) is 1. The maximum absolute atomic E-state index is 5.31. The molecule has 3 aromatic rings. The van der Waals surface area contributed by atoms with Crippen molar-refractivity contribution in [3.63, 3.8) is 0 Å². The van der Waals surface area contributed by atoms with Gasteiger partial charge in [-0.2, -0.15) is 0 Å². The first kappa shape index (κ1) is 15.6. The van der Waals surface area contributed by atoms with Gasteiger partial charge in [-0.25, -0.2) is 4.98 Å². The Hall–Kier alpha value is -2.33. The Morgan fingerprint density at radius 2 is 1.48 bits per heavy atom. The number of hydrogen-bond donors (Lipinski definition) is 0. The van der Waals surface area contributed by atoms with Crippen LogP contribution in [0.1, 0.15) is 0 Å². The highest BCUT2D eigenvalue weighted by molar-refractivity contribution is 9.10. The van der Waals surface area contributed by atoms with E-state index in [2.05, 4.69) is 45.2 Å². The number of rotatable bonds is 4. The molecule has 0 N–H and O–H groups in total. The lowest BCUT2D eigenvalue weighted by atomic mass is 10.0. The highest BCUT2D eigenvalue weighted by Crippen LogP contribution is 2.36. The van der Waals surface area contributed by atoms with Crippen LogP contribution in [0.5, 0.6) is 11.6 Å². The van der Waals surface area contributed by atoms with E-state index in [9.17, 15) is 0 Å². The molecule has 0 atom stereocenters. The van der Waals surface area contributed by atoms with Crippen LogP contribution in [0.3, 0.4) is 0 Å². The quantitative estimate of drug-likeness (QED) is 0.633. The molecular formula is C19H16BrNO2. The first-order valence-electron chi connectivity index (χ1n) is 7.17. The summed E-state index contributed by atoms with van der Waals surface area (Å²) < 4.78 is 11.5. The summed E-state index contributed by atoms with van der Waals surface area (Å²) in [4.78, 5) is 4.57. The van der Waals surface area contributed by atoms with Gasteiger partial charge in [0.05, 0.1) is 19.9 Å². The van der Waals surface area contributed by atoms with E-state index in [1.165, 1.54) is 5.56 Å². The molecule has 0 bridgehead atoms. The van der Waals surface area contributed by atoms with Gasteiger partial charge in [0.1, 0.15) is 0 Å². The summed E-state index contributed by atoms with van der Waals surface area (Å²) in [7, 11) is 3.19.